The van der Waals surface area contributed by atoms with Crippen LogP contribution in [0.25, 0.3) is 0 Å². The molecule has 6 heteroatoms. The highest BCUT2D eigenvalue weighted by atomic mass is 19.4. The third kappa shape index (κ3) is 3.22. The normalized spacial score (nSPS) is 14.8. The quantitative estimate of drug-likeness (QED) is 0.901. The van der Waals surface area contributed by atoms with Crippen molar-refractivity contribution >= 4 is 11.6 Å². The second kappa shape index (κ2) is 4.61. The number of benzene rings is 1. The molecule has 0 bridgehead atoms. The van der Waals surface area contributed by atoms with Crippen LogP contribution in [0.2, 0.25) is 0 Å². The van der Waals surface area contributed by atoms with Crippen molar-refractivity contribution < 1.29 is 18.0 Å². The molecule has 0 fully saturated rings. The van der Waals surface area contributed by atoms with Gasteiger partial charge in [-0.3, -0.25) is 9.69 Å². The van der Waals surface area contributed by atoms with E-state index in [2.05, 4.69) is 5.32 Å². The monoisotopic (exact) mass is 258 g/mol. The Morgan fingerprint density at radius 1 is 1.39 bits per heavy atom. The van der Waals surface area contributed by atoms with Crippen molar-refractivity contribution in [3.05, 3.63) is 29.3 Å². The molecule has 1 aliphatic rings. The Kier molecular flexibility index (Phi) is 3.30. The fourth-order valence-corrected chi connectivity index (χ4v) is 2.05. The SMILES string of the molecule is CN(Cc1ccc2c(c1)CC(=O)N2)CC(F)(F)F. The molecule has 0 aliphatic carbocycles. The molecule has 1 heterocycles. The van der Waals surface area contributed by atoms with Gasteiger partial charge in [0.25, 0.3) is 0 Å². The average molecular weight is 258 g/mol. The van der Waals surface area contributed by atoms with Crippen molar-refractivity contribution in [3.8, 4) is 0 Å². The molecule has 0 atom stereocenters. The van der Waals surface area contributed by atoms with Gasteiger partial charge in [-0.1, -0.05) is 12.1 Å². The van der Waals surface area contributed by atoms with E-state index in [1.807, 2.05) is 0 Å². The standard InChI is InChI=1S/C12H13F3N2O/c1-17(7-12(13,14)15)6-8-2-3-10-9(4-8)5-11(18)16-10/h2-4H,5-7H2,1H3,(H,16,18). The maximum atomic E-state index is 12.2. The Morgan fingerprint density at radius 2 is 2.11 bits per heavy atom. The summed E-state index contributed by atoms with van der Waals surface area (Å²) in [7, 11) is 1.42. The van der Waals surface area contributed by atoms with Gasteiger partial charge in [-0.15, -0.1) is 0 Å². The summed E-state index contributed by atoms with van der Waals surface area (Å²) in [5.41, 5.74) is 2.37. The molecule has 0 unspecified atom stereocenters. The van der Waals surface area contributed by atoms with Crippen LogP contribution >= 0.6 is 0 Å². The Morgan fingerprint density at radius 3 is 2.78 bits per heavy atom. The second-order valence-corrected chi connectivity index (χ2v) is 4.50. The summed E-state index contributed by atoms with van der Waals surface area (Å²) in [4.78, 5) is 12.4. The van der Waals surface area contributed by atoms with Crippen LogP contribution in [0.1, 0.15) is 11.1 Å². The first-order valence-corrected chi connectivity index (χ1v) is 5.50. The highest BCUT2D eigenvalue weighted by Crippen LogP contribution is 2.24. The summed E-state index contributed by atoms with van der Waals surface area (Å²) < 4.78 is 36.5. The van der Waals surface area contributed by atoms with Crippen LogP contribution in [0.5, 0.6) is 0 Å². The molecule has 0 spiro atoms. The zero-order valence-electron chi connectivity index (χ0n) is 9.84. The molecule has 1 aromatic carbocycles. The number of carbonyl (C=O) groups excluding carboxylic acids is 1. The minimum absolute atomic E-state index is 0.0780. The minimum Gasteiger partial charge on any atom is -0.326 e. The lowest BCUT2D eigenvalue weighted by Crippen LogP contribution is -2.30. The largest absolute Gasteiger partial charge is 0.401 e. The van der Waals surface area contributed by atoms with Crippen LogP contribution in [0.4, 0.5) is 18.9 Å². The number of carbonyl (C=O) groups is 1. The molecule has 2 rings (SSSR count). The van der Waals surface area contributed by atoms with E-state index < -0.39 is 12.7 Å². The summed E-state index contributed by atoms with van der Waals surface area (Å²) in [6, 6.07) is 5.24. The van der Waals surface area contributed by atoms with Crippen molar-refractivity contribution in [1.29, 1.82) is 0 Å². The van der Waals surface area contributed by atoms with E-state index >= 15 is 0 Å². The van der Waals surface area contributed by atoms with E-state index in [0.29, 0.717) is 6.42 Å². The summed E-state index contributed by atoms with van der Waals surface area (Å²) in [5, 5.41) is 2.68. The summed E-state index contributed by atoms with van der Waals surface area (Å²) in [6.45, 7) is -0.734. The number of amides is 1. The maximum absolute atomic E-state index is 12.2. The van der Waals surface area contributed by atoms with E-state index in [1.54, 1.807) is 18.2 Å². The van der Waals surface area contributed by atoms with Gasteiger partial charge >= 0.3 is 6.18 Å². The van der Waals surface area contributed by atoms with E-state index in [4.69, 9.17) is 0 Å². The summed E-state index contributed by atoms with van der Waals surface area (Å²) >= 11 is 0. The van der Waals surface area contributed by atoms with Crippen molar-refractivity contribution in [1.82, 2.24) is 4.90 Å². The van der Waals surface area contributed by atoms with Crippen LogP contribution in [-0.2, 0) is 17.8 Å². The number of nitrogens with zero attached hydrogens (tertiary/aromatic N) is 1. The van der Waals surface area contributed by atoms with Crippen LogP contribution in [0, 0.1) is 0 Å². The molecule has 18 heavy (non-hydrogen) atoms. The maximum Gasteiger partial charge on any atom is 0.401 e. The van der Waals surface area contributed by atoms with E-state index in [1.165, 1.54) is 11.9 Å². The van der Waals surface area contributed by atoms with Crippen LogP contribution in [0.15, 0.2) is 18.2 Å². The van der Waals surface area contributed by atoms with Gasteiger partial charge in [0.05, 0.1) is 13.0 Å². The summed E-state index contributed by atoms with van der Waals surface area (Å²) in [5.74, 6) is -0.0780. The number of hydrogen-bond acceptors (Lipinski definition) is 2. The molecular weight excluding hydrogens is 245 g/mol. The van der Waals surface area contributed by atoms with E-state index in [0.717, 1.165) is 16.8 Å². The molecule has 0 saturated carbocycles. The van der Waals surface area contributed by atoms with E-state index in [-0.39, 0.29) is 12.5 Å². The molecule has 1 N–H and O–H groups in total. The lowest BCUT2D eigenvalue weighted by Gasteiger charge is -2.18. The van der Waals surface area contributed by atoms with Gasteiger partial charge < -0.3 is 5.32 Å². The molecule has 1 aliphatic heterocycles. The Balaban J connectivity index is 2.03. The zero-order valence-corrected chi connectivity index (χ0v) is 9.84. The zero-order chi connectivity index (χ0) is 13.3. The molecule has 0 radical (unpaired) electrons. The van der Waals surface area contributed by atoms with Crippen LogP contribution in [0.3, 0.4) is 0 Å². The van der Waals surface area contributed by atoms with Crippen molar-refractivity contribution in [2.24, 2.45) is 0 Å². The summed E-state index contributed by atoms with van der Waals surface area (Å²) in [6.07, 6.45) is -3.89. The number of rotatable bonds is 3. The third-order valence-electron chi connectivity index (χ3n) is 2.70. The van der Waals surface area contributed by atoms with Crippen molar-refractivity contribution in [3.63, 3.8) is 0 Å². The molecule has 0 aromatic heterocycles. The lowest BCUT2D eigenvalue weighted by molar-refractivity contribution is -0.144. The smallest absolute Gasteiger partial charge is 0.326 e. The average Bonchev–Trinajstić information content (AvgIpc) is 2.53. The topological polar surface area (TPSA) is 32.3 Å². The van der Waals surface area contributed by atoms with Crippen LogP contribution < -0.4 is 5.32 Å². The number of halogens is 3. The Labute approximate surface area is 103 Å². The number of anilines is 1. The number of alkyl halides is 3. The predicted octanol–water partition coefficient (Wildman–Crippen LogP) is 2.18. The number of nitrogens with one attached hydrogen (secondary N) is 1. The third-order valence-corrected chi connectivity index (χ3v) is 2.70. The fraction of sp³-hybridized carbons (Fsp3) is 0.417. The highest BCUT2D eigenvalue weighted by molar-refractivity contribution is 5.99. The number of hydrogen-bond donors (Lipinski definition) is 1. The van der Waals surface area contributed by atoms with Crippen LogP contribution in [-0.4, -0.2) is 30.6 Å². The molecular formula is C12H13F3N2O. The molecule has 98 valence electrons. The molecule has 0 saturated heterocycles. The predicted molar refractivity (Wildman–Crippen MR) is 61.2 cm³/mol. The van der Waals surface area contributed by atoms with Gasteiger partial charge in [0.15, 0.2) is 0 Å². The van der Waals surface area contributed by atoms with Crippen molar-refractivity contribution in [2.75, 3.05) is 18.9 Å². The first-order chi connectivity index (χ1) is 8.33. The fourth-order valence-electron chi connectivity index (χ4n) is 2.05. The first kappa shape index (κ1) is 12.9. The van der Waals surface area contributed by atoms with Gasteiger partial charge in [-0.25, -0.2) is 0 Å². The second-order valence-electron chi connectivity index (χ2n) is 4.50. The first-order valence-electron chi connectivity index (χ1n) is 5.50. The Bertz CT molecular complexity index is 471. The molecule has 3 nitrogen and oxygen atoms in total. The van der Waals surface area contributed by atoms with Gasteiger partial charge in [0.1, 0.15) is 0 Å². The number of fused-ring (bicyclic) bond motifs is 1. The van der Waals surface area contributed by atoms with Gasteiger partial charge in [-0.05, 0) is 24.2 Å². The van der Waals surface area contributed by atoms with E-state index in [9.17, 15) is 18.0 Å². The minimum atomic E-state index is -4.19. The highest BCUT2D eigenvalue weighted by Gasteiger charge is 2.29. The van der Waals surface area contributed by atoms with Gasteiger partial charge in [-0.2, -0.15) is 13.2 Å². The van der Waals surface area contributed by atoms with Gasteiger partial charge in [0.2, 0.25) is 5.91 Å². The lowest BCUT2D eigenvalue weighted by atomic mass is 10.1. The molecule has 1 amide bonds. The molecule has 1 aromatic rings. The Hall–Kier alpha value is -1.56. The van der Waals surface area contributed by atoms with Crippen molar-refractivity contribution in [2.45, 2.75) is 19.1 Å². The van der Waals surface area contributed by atoms with Gasteiger partial charge in [0, 0.05) is 12.2 Å².